The molecule has 0 unspecified atom stereocenters. The molecule has 0 saturated heterocycles. The van der Waals surface area contributed by atoms with E-state index < -0.39 is 6.04 Å². The van der Waals surface area contributed by atoms with Gasteiger partial charge in [-0.2, -0.15) is 0 Å². The molecule has 0 aromatic heterocycles. The molecule has 4 heteroatoms. The predicted octanol–water partition coefficient (Wildman–Crippen LogP) is 2.31. The van der Waals surface area contributed by atoms with Crippen molar-refractivity contribution in [2.45, 2.75) is 25.8 Å². The van der Waals surface area contributed by atoms with E-state index in [1.54, 1.807) is 0 Å². The Balaban J connectivity index is 1.75. The van der Waals surface area contributed by atoms with Crippen LogP contribution in [0.1, 0.15) is 18.1 Å². The fourth-order valence-electron chi connectivity index (χ4n) is 2.34. The molecule has 0 aliphatic heterocycles. The summed E-state index contributed by atoms with van der Waals surface area (Å²) < 4.78 is 5.40. The molecule has 0 fully saturated rings. The lowest BCUT2D eigenvalue weighted by Gasteiger charge is -2.13. The number of benzene rings is 2. The van der Waals surface area contributed by atoms with Crippen LogP contribution in [-0.2, 0) is 17.6 Å². The molecular formula is C19H24N2O2. The highest BCUT2D eigenvalue weighted by atomic mass is 16.5. The smallest absolute Gasteiger partial charge is 0.237 e. The summed E-state index contributed by atoms with van der Waals surface area (Å²) in [6, 6.07) is 17.2. The number of nitrogens with one attached hydrogen (secondary N) is 1. The van der Waals surface area contributed by atoms with Gasteiger partial charge in [0.15, 0.2) is 0 Å². The minimum absolute atomic E-state index is 0.116. The summed E-state index contributed by atoms with van der Waals surface area (Å²) in [5.41, 5.74) is 8.21. The van der Waals surface area contributed by atoms with Crippen molar-refractivity contribution in [3.05, 3.63) is 65.7 Å². The molecule has 23 heavy (non-hydrogen) atoms. The maximum atomic E-state index is 12.0. The molecule has 2 aromatic rings. The molecule has 2 aromatic carbocycles. The number of hydrogen-bond donors (Lipinski definition) is 2. The molecule has 0 saturated carbocycles. The summed E-state index contributed by atoms with van der Waals surface area (Å²) in [6.07, 6.45) is 1.33. The zero-order valence-corrected chi connectivity index (χ0v) is 13.5. The van der Waals surface area contributed by atoms with Crippen LogP contribution in [-0.4, -0.2) is 25.1 Å². The van der Waals surface area contributed by atoms with Crippen molar-refractivity contribution in [2.24, 2.45) is 5.73 Å². The zero-order chi connectivity index (χ0) is 16.5. The van der Waals surface area contributed by atoms with Crippen molar-refractivity contribution < 1.29 is 9.53 Å². The van der Waals surface area contributed by atoms with Gasteiger partial charge in [-0.3, -0.25) is 4.79 Å². The standard InChI is InChI=1S/C19H24N2O2/c1-2-23-17-10-8-16(9-11-17)14-18(20)19(22)21-13-12-15-6-4-3-5-7-15/h3-11,18H,2,12-14,20H2,1H3,(H,21,22)/t18-/m1/s1. The molecule has 0 bridgehead atoms. The van der Waals surface area contributed by atoms with E-state index in [1.807, 2.05) is 61.5 Å². The molecule has 4 nitrogen and oxygen atoms in total. The van der Waals surface area contributed by atoms with Crippen LogP contribution in [0.4, 0.5) is 0 Å². The Morgan fingerprint density at radius 1 is 1.09 bits per heavy atom. The Hall–Kier alpha value is -2.33. The van der Waals surface area contributed by atoms with Crippen LogP contribution < -0.4 is 15.8 Å². The van der Waals surface area contributed by atoms with Crippen LogP contribution in [0.3, 0.4) is 0 Å². The number of nitrogens with two attached hydrogens (primary N) is 1. The number of amides is 1. The molecule has 122 valence electrons. The van der Waals surface area contributed by atoms with E-state index in [9.17, 15) is 4.79 Å². The Morgan fingerprint density at radius 2 is 1.78 bits per heavy atom. The van der Waals surface area contributed by atoms with Crippen molar-refractivity contribution >= 4 is 5.91 Å². The van der Waals surface area contributed by atoms with Crippen molar-refractivity contribution in [1.29, 1.82) is 0 Å². The molecule has 1 amide bonds. The number of hydrogen-bond acceptors (Lipinski definition) is 3. The van der Waals surface area contributed by atoms with Crippen molar-refractivity contribution in [2.75, 3.05) is 13.2 Å². The van der Waals surface area contributed by atoms with Gasteiger partial charge in [-0.25, -0.2) is 0 Å². The van der Waals surface area contributed by atoms with Crippen LogP contribution in [0.15, 0.2) is 54.6 Å². The number of carbonyl (C=O) groups is 1. The highest BCUT2D eigenvalue weighted by Gasteiger charge is 2.13. The molecular weight excluding hydrogens is 288 g/mol. The van der Waals surface area contributed by atoms with E-state index in [0.29, 0.717) is 19.6 Å². The second kappa shape index (κ2) is 8.96. The molecule has 0 heterocycles. The maximum absolute atomic E-state index is 12.0. The highest BCUT2D eigenvalue weighted by Crippen LogP contribution is 2.13. The average Bonchev–Trinajstić information content (AvgIpc) is 2.57. The first-order valence-corrected chi connectivity index (χ1v) is 7.98. The van der Waals surface area contributed by atoms with Gasteiger partial charge in [0.05, 0.1) is 12.6 Å². The second-order valence-electron chi connectivity index (χ2n) is 5.41. The second-order valence-corrected chi connectivity index (χ2v) is 5.41. The normalized spacial score (nSPS) is 11.7. The zero-order valence-electron chi connectivity index (χ0n) is 13.5. The topological polar surface area (TPSA) is 64.3 Å². The first kappa shape index (κ1) is 17.0. The first-order valence-electron chi connectivity index (χ1n) is 7.98. The third-order valence-corrected chi connectivity index (χ3v) is 3.58. The molecule has 2 rings (SSSR count). The average molecular weight is 312 g/mol. The predicted molar refractivity (Wildman–Crippen MR) is 92.4 cm³/mol. The maximum Gasteiger partial charge on any atom is 0.237 e. The van der Waals surface area contributed by atoms with Gasteiger partial charge in [0.1, 0.15) is 5.75 Å². The minimum Gasteiger partial charge on any atom is -0.494 e. The number of ether oxygens (including phenoxy) is 1. The van der Waals surface area contributed by atoms with Crippen LogP contribution in [0.5, 0.6) is 5.75 Å². The van der Waals surface area contributed by atoms with Crippen LogP contribution >= 0.6 is 0 Å². The largest absolute Gasteiger partial charge is 0.494 e. The summed E-state index contributed by atoms with van der Waals surface area (Å²) in [7, 11) is 0. The molecule has 1 atom stereocenters. The number of rotatable bonds is 8. The Morgan fingerprint density at radius 3 is 2.43 bits per heavy atom. The molecule has 0 aliphatic carbocycles. The molecule has 0 radical (unpaired) electrons. The molecule has 3 N–H and O–H groups in total. The molecule has 0 aliphatic rings. The Bertz CT molecular complexity index is 597. The summed E-state index contributed by atoms with van der Waals surface area (Å²) in [5, 5.41) is 2.89. The van der Waals surface area contributed by atoms with Crippen LogP contribution in [0, 0.1) is 0 Å². The Labute approximate surface area is 137 Å². The van der Waals surface area contributed by atoms with E-state index in [4.69, 9.17) is 10.5 Å². The third-order valence-electron chi connectivity index (χ3n) is 3.58. The monoisotopic (exact) mass is 312 g/mol. The van der Waals surface area contributed by atoms with Crippen molar-refractivity contribution in [3.8, 4) is 5.75 Å². The molecule has 0 spiro atoms. The van der Waals surface area contributed by atoms with Gasteiger partial charge in [0, 0.05) is 6.54 Å². The lowest BCUT2D eigenvalue weighted by atomic mass is 10.1. The van der Waals surface area contributed by atoms with Gasteiger partial charge < -0.3 is 15.8 Å². The highest BCUT2D eigenvalue weighted by molar-refractivity contribution is 5.81. The van der Waals surface area contributed by atoms with Gasteiger partial charge in [0.25, 0.3) is 0 Å². The van der Waals surface area contributed by atoms with Crippen LogP contribution in [0.25, 0.3) is 0 Å². The first-order chi connectivity index (χ1) is 11.2. The van der Waals surface area contributed by atoms with E-state index in [-0.39, 0.29) is 5.91 Å². The minimum atomic E-state index is -0.538. The third kappa shape index (κ3) is 5.75. The summed E-state index contributed by atoms with van der Waals surface area (Å²) in [6.45, 7) is 3.19. The fourth-order valence-corrected chi connectivity index (χ4v) is 2.34. The van der Waals surface area contributed by atoms with E-state index in [2.05, 4.69) is 5.32 Å². The van der Waals surface area contributed by atoms with Gasteiger partial charge >= 0.3 is 0 Å². The summed E-state index contributed by atoms with van der Waals surface area (Å²) >= 11 is 0. The van der Waals surface area contributed by atoms with Gasteiger partial charge in [-0.15, -0.1) is 0 Å². The number of carbonyl (C=O) groups excluding carboxylic acids is 1. The quantitative estimate of drug-likeness (QED) is 0.786. The van der Waals surface area contributed by atoms with E-state index in [0.717, 1.165) is 17.7 Å². The van der Waals surface area contributed by atoms with Crippen molar-refractivity contribution in [3.63, 3.8) is 0 Å². The van der Waals surface area contributed by atoms with Crippen molar-refractivity contribution in [1.82, 2.24) is 5.32 Å². The lowest BCUT2D eigenvalue weighted by molar-refractivity contribution is -0.122. The SMILES string of the molecule is CCOc1ccc(C[C@@H](N)C(=O)NCCc2ccccc2)cc1. The van der Waals surface area contributed by atoms with Gasteiger partial charge in [-0.05, 0) is 43.0 Å². The van der Waals surface area contributed by atoms with Crippen LogP contribution in [0.2, 0.25) is 0 Å². The lowest BCUT2D eigenvalue weighted by Crippen LogP contribution is -2.42. The summed E-state index contributed by atoms with van der Waals surface area (Å²) in [5.74, 6) is 0.715. The van der Waals surface area contributed by atoms with E-state index in [1.165, 1.54) is 5.56 Å². The fraction of sp³-hybridized carbons (Fsp3) is 0.316. The Kier molecular flexibility index (Phi) is 6.63. The summed E-state index contributed by atoms with van der Waals surface area (Å²) in [4.78, 5) is 12.0. The van der Waals surface area contributed by atoms with Gasteiger partial charge in [0.2, 0.25) is 5.91 Å². The van der Waals surface area contributed by atoms with Gasteiger partial charge in [-0.1, -0.05) is 42.5 Å². The van der Waals surface area contributed by atoms with E-state index >= 15 is 0 Å².